The second kappa shape index (κ2) is 5.33. The second-order valence-corrected chi connectivity index (χ2v) is 25.0. The maximum atomic E-state index is 4.04. The first-order valence-corrected chi connectivity index (χ1v) is 15.7. The van der Waals surface area contributed by atoms with Gasteiger partial charge in [-0.2, -0.15) is 0 Å². The van der Waals surface area contributed by atoms with Gasteiger partial charge < -0.3 is 0 Å². The summed E-state index contributed by atoms with van der Waals surface area (Å²) in [6, 6.07) is 0. The third-order valence-corrected chi connectivity index (χ3v) is 25.7. The van der Waals surface area contributed by atoms with E-state index in [9.17, 15) is 0 Å². The third kappa shape index (κ3) is 3.72. The summed E-state index contributed by atoms with van der Waals surface area (Å²) in [5, 5.41) is 0. The Balaban J connectivity index is 4.16. The third-order valence-electron chi connectivity index (χ3n) is 2.93. The van der Waals surface area contributed by atoms with Crippen molar-refractivity contribution in [1.29, 1.82) is 0 Å². The van der Waals surface area contributed by atoms with Gasteiger partial charge >= 0.3 is 76.9 Å². The zero-order valence-corrected chi connectivity index (χ0v) is 12.4. The molecule has 0 aliphatic carbocycles. The molecule has 11 heavy (non-hydrogen) atoms. The van der Waals surface area contributed by atoms with Crippen molar-refractivity contribution in [2.75, 3.05) is 0 Å². The van der Waals surface area contributed by atoms with Gasteiger partial charge in [-0.15, -0.1) is 0 Å². The van der Waals surface area contributed by atoms with Crippen LogP contribution in [0.15, 0.2) is 12.2 Å². The van der Waals surface area contributed by atoms with Gasteiger partial charge in [0.25, 0.3) is 0 Å². The van der Waals surface area contributed by atoms with Crippen molar-refractivity contribution in [2.45, 2.75) is 43.6 Å². The topological polar surface area (TPSA) is 0 Å². The molecule has 0 unspecified atom stereocenters. The van der Waals surface area contributed by atoms with Crippen LogP contribution in [0.1, 0.15) is 27.7 Å². The summed E-state index contributed by atoms with van der Waals surface area (Å²) in [6.07, 6.45) is 0. The summed E-state index contributed by atoms with van der Waals surface area (Å²) < 4.78 is 5.95. The van der Waals surface area contributed by atoms with Gasteiger partial charge in [0.05, 0.1) is 0 Å². The first kappa shape index (κ1) is 11.7. The van der Waals surface area contributed by atoms with Crippen LogP contribution in [0.5, 0.6) is 0 Å². The summed E-state index contributed by atoms with van der Waals surface area (Å²) in [6.45, 7) is 13.4. The van der Waals surface area contributed by atoms with E-state index >= 15 is 0 Å². The van der Waals surface area contributed by atoms with Gasteiger partial charge in [0.2, 0.25) is 0 Å². The molecule has 0 nitrogen and oxygen atoms in total. The fourth-order valence-electron chi connectivity index (χ4n) is 1.77. The molecule has 0 radical (unpaired) electrons. The van der Waals surface area contributed by atoms with Crippen LogP contribution in [0.3, 0.4) is 0 Å². The molecule has 0 N–H and O–H groups in total. The summed E-state index contributed by atoms with van der Waals surface area (Å²) in [5.41, 5.74) is 1.43. The van der Waals surface area contributed by atoms with Crippen LogP contribution < -0.4 is 0 Å². The molecule has 0 rings (SSSR count). The number of hydrogen-bond donors (Lipinski definition) is 0. The van der Waals surface area contributed by atoms with E-state index in [-0.39, 0.29) is 0 Å². The summed E-state index contributed by atoms with van der Waals surface area (Å²) >= 11 is -1.74. The zero-order valence-electron chi connectivity index (χ0n) is 8.54. The Hall–Kier alpha value is 0.662. The molecule has 66 valence electrons. The van der Waals surface area contributed by atoms with Gasteiger partial charge in [0, 0.05) is 0 Å². The molecule has 0 aromatic heterocycles. The Morgan fingerprint density at radius 1 is 1.09 bits per heavy atom. The Morgan fingerprint density at radius 3 is 1.55 bits per heavy atom. The van der Waals surface area contributed by atoms with Crippen molar-refractivity contribution < 1.29 is 0 Å². The van der Waals surface area contributed by atoms with E-state index < -0.39 is 21.2 Å². The van der Waals surface area contributed by atoms with Gasteiger partial charge in [-0.25, -0.2) is 0 Å². The Labute approximate surface area is 76.7 Å². The van der Waals surface area contributed by atoms with Crippen LogP contribution >= 0.6 is 0 Å². The molecule has 0 aliphatic heterocycles. The van der Waals surface area contributed by atoms with Crippen molar-refractivity contribution >= 4 is 21.2 Å². The quantitative estimate of drug-likeness (QED) is 0.518. The molecule has 0 aromatic carbocycles. The molecule has 0 spiro atoms. The SMILES string of the molecule is C=C(C)[CH2][Pb]([CH2]C)([CH2]C)[CH2]C. The first-order chi connectivity index (χ1) is 5.10. The van der Waals surface area contributed by atoms with E-state index in [4.69, 9.17) is 0 Å². The summed E-state index contributed by atoms with van der Waals surface area (Å²) in [5.74, 6) is 0. The Bertz CT molecular complexity index is 115. The van der Waals surface area contributed by atoms with E-state index in [1.807, 2.05) is 0 Å². The van der Waals surface area contributed by atoms with Crippen molar-refractivity contribution in [3.63, 3.8) is 0 Å². The van der Waals surface area contributed by atoms with Gasteiger partial charge in [-0.05, 0) is 0 Å². The van der Waals surface area contributed by atoms with Crippen LogP contribution in [0.4, 0.5) is 0 Å². The maximum absolute atomic E-state index is 4.04. The van der Waals surface area contributed by atoms with Crippen LogP contribution in [-0.2, 0) is 0 Å². The van der Waals surface area contributed by atoms with Crippen LogP contribution in [-0.4, -0.2) is 21.2 Å². The molecule has 0 saturated heterocycles. The van der Waals surface area contributed by atoms with Gasteiger partial charge in [-0.1, -0.05) is 0 Å². The Kier molecular flexibility index (Phi) is 5.65. The van der Waals surface area contributed by atoms with Crippen LogP contribution in [0, 0.1) is 0 Å². The number of rotatable bonds is 5. The fourth-order valence-corrected chi connectivity index (χ4v) is 15.5. The van der Waals surface area contributed by atoms with E-state index in [0.717, 1.165) is 0 Å². The van der Waals surface area contributed by atoms with Gasteiger partial charge in [0.1, 0.15) is 0 Å². The van der Waals surface area contributed by atoms with Gasteiger partial charge in [-0.3, -0.25) is 0 Å². The molecule has 0 fully saturated rings. The van der Waals surface area contributed by atoms with Crippen molar-refractivity contribution in [3.05, 3.63) is 12.2 Å². The minimum atomic E-state index is -1.74. The molecule has 0 saturated carbocycles. The van der Waals surface area contributed by atoms with Crippen LogP contribution in [0.25, 0.3) is 0 Å². The van der Waals surface area contributed by atoms with Crippen molar-refractivity contribution in [2.24, 2.45) is 0 Å². The average molecular weight is 349 g/mol. The van der Waals surface area contributed by atoms with E-state index in [2.05, 4.69) is 34.3 Å². The van der Waals surface area contributed by atoms with E-state index in [1.165, 1.54) is 21.5 Å². The molecule has 0 atom stereocenters. The fraction of sp³-hybridized carbons (Fsp3) is 0.800. The first-order valence-electron chi connectivity index (χ1n) is 4.74. The standard InChI is InChI=1S/C4H7.3C2H5.Pb/c1-4(2)3;3*1-2;/h1-2H2,3H3;3*1H2,2H3;. The van der Waals surface area contributed by atoms with Gasteiger partial charge in [0.15, 0.2) is 0 Å². The zero-order chi connectivity index (χ0) is 8.91. The molecule has 1 heteroatoms. The number of allylic oxidation sites excluding steroid dienone is 1. The molecular formula is C10H22Pb. The van der Waals surface area contributed by atoms with Crippen LogP contribution in [0.2, 0.25) is 15.9 Å². The minimum absolute atomic E-state index is 1.43. The molecule has 0 bridgehead atoms. The molecule has 0 aromatic rings. The predicted octanol–water partition coefficient (Wildman–Crippen LogP) is 4.07. The molecule has 0 aliphatic rings. The van der Waals surface area contributed by atoms with E-state index in [1.54, 1.807) is 0 Å². The Morgan fingerprint density at radius 2 is 1.45 bits per heavy atom. The van der Waals surface area contributed by atoms with Crippen molar-refractivity contribution in [1.82, 2.24) is 0 Å². The summed E-state index contributed by atoms with van der Waals surface area (Å²) in [4.78, 5) is 0. The second-order valence-electron chi connectivity index (χ2n) is 3.69. The normalized spacial score (nSPS) is 11.6. The van der Waals surface area contributed by atoms with Crippen molar-refractivity contribution in [3.8, 4) is 0 Å². The monoisotopic (exact) mass is 350 g/mol. The summed E-state index contributed by atoms with van der Waals surface area (Å²) in [7, 11) is 0. The molecule has 0 amide bonds. The molecular weight excluding hydrogens is 327 g/mol. The average Bonchev–Trinajstić information content (AvgIpc) is 2.00. The predicted molar refractivity (Wildman–Crippen MR) is 56.8 cm³/mol. The number of hydrogen-bond acceptors (Lipinski definition) is 0. The van der Waals surface area contributed by atoms with E-state index in [0.29, 0.717) is 0 Å². The molecule has 0 heterocycles.